The number of hydrogen-bond donors (Lipinski definition) is 1. The molecule has 1 N–H and O–H groups in total. The van der Waals surface area contributed by atoms with E-state index in [4.69, 9.17) is 28.3 Å². The van der Waals surface area contributed by atoms with Crippen LogP contribution in [-0.4, -0.2) is 40.4 Å². The summed E-state index contributed by atoms with van der Waals surface area (Å²) in [5, 5.41) is 10.8. The minimum Gasteiger partial charge on any atom is -0.355 e. The smallest absolute Gasteiger partial charge is 0.240 e. The zero-order valence-corrected chi connectivity index (χ0v) is 23.1. The minimum absolute atomic E-state index is 0.116. The molecule has 0 saturated carbocycles. The number of rotatable bonds is 7. The van der Waals surface area contributed by atoms with Gasteiger partial charge >= 0.3 is 0 Å². The van der Waals surface area contributed by atoms with E-state index >= 15 is 0 Å². The highest BCUT2D eigenvalue weighted by Crippen LogP contribution is 2.49. The van der Waals surface area contributed by atoms with Crippen LogP contribution in [-0.2, 0) is 9.59 Å². The van der Waals surface area contributed by atoms with E-state index in [2.05, 4.69) is 5.32 Å². The molecular weight excluding hydrogens is 547 g/mol. The molecule has 1 aliphatic heterocycles. The van der Waals surface area contributed by atoms with Crippen LogP contribution in [0.25, 0.3) is 16.3 Å². The summed E-state index contributed by atoms with van der Waals surface area (Å²) in [6, 6.07) is 19.0. The van der Waals surface area contributed by atoms with Crippen molar-refractivity contribution in [3.8, 4) is 16.3 Å². The molecule has 190 valence electrons. The Balaban J connectivity index is 1.79. The molecule has 0 bridgehead atoms. The van der Waals surface area contributed by atoms with Crippen molar-refractivity contribution in [3.63, 3.8) is 0 Å². The van der Waals surface area contributed by atoms with E-state index in [0.29, 0.717) is 28.1 Å². The van der Waals surface area contributed by atoms with Crippen molar-refractivity contribution >= 4 is 63.9 Å². The highest BCUT2D eigenvalue weighted by molar-refractivity contribution is 8.00. The second-order valence-corrected chi connectivity index (χ2v) is 11.4. The fraction of sp³-hybridized carbons (Fsp3) is 0.222. The Bertz CT molecular complexity index is 1440. The molecule has 0 radical (unpaired) electrons. The van der Waals surface area contributed by atoms with Crippen molar-refractivity contribution in [2.75, 3.05) is 23.7 Å². The van der Waals surface area contributed by atoms with Gasteiger partial charge in [0.2, 0.25) is 11.8 Å². The number of thiophene rings is 1. The van der Waals surface area contributed by atoms with Gasteiger partial charge in [0, 0.05) is 17.1 Å². The molecule has 10 heteroatoms. The third kappa shape index (κ3) is 5.29. The van der Waals surface area contributed by atoms with E-state index in [9.17, 15) is 9.59 Å². The van der Waals surface area contributed by atoms with Crippen LogP contribution in [0.2, 0.25) is 10.0 Å². The molecule has 2 aromatic carbocycles. The Morgan fingerprint density at radius 1 is 1.14 bits per heavy atom. The van der Waals surface area contributed by atoms with Gasteiger partial charge in [-0.15, -0.1) is 23.1 Å². The molecule has 1 aliphatic rings. The monoisotopic (exact) mass is 570 g/mol. The van der Waals surface area contributed by atoms with Crippen LogP contribution in [0, 0.1) is 0 Å². The number of benzene rings is 2. The first-order valence-corrected chi connectivity index (χ1v) is 14.5. The number of amides is 2. The van der Waals surface area contributed by atoms with Gasteiger partial charge in [-0.25, -0.2) is 4.68 Å². The van der Waals surface area contributed by atoms with Gasteiger partial charge in [-0.1, -0.05) is 60.5 Å². The largest absolute Gasteiger partial charge is 0.355 e. The Morgan fingerprint density at radius 3 is 2.70 bits per heavy atom. The van der Waals surface area contributed by atoms with Crippen molar-refractivity contribution in [1.29, 1.82) is 0 Å². The molecule has 0 unspecified atom stereocenters. The second kappa shape index (κ2) is 11.3. The van der Waals surface area contributed by atoms with E-state index < -0.39 is 0 Å². The maximum Gasteiger partial charge on any atom is 0.240 e. The summed E-state index contributed by atoms with van der Waals surface area (Å²) < 4.78 is 1.71. The van der Waals surface area contributed by atoms with Gasteiger partial charge in [0.15, 0.2) is 0 Å². The number of nitrogens with one attached hydrogen (secondary N) is 1. The number of carbonyl (C=O) groups excluding carboxylic acids is 2. The molecule has 0 aliphatic carbocycles. The number of aromatic nitrogens is 2. The second-order valence-electron chi connectivity index (χ2n) is 8.50. The Kier molecular flexibility index (Phi) is 7.90. The van der Waals surface area contributed by atoms with Crippen LogP contribution < -0.4 is 10.2 Å². The van der Waals surface area contributed by atoms with Crippen molar-refractivity contribution in [2.45, 2.75) is 18.6 Å². The fourth-order valence-corrected chi connectivity index (χ4v) is 6.63. The highest BCUT2D eigenvalue weighted by atomic mass is 35.5. The Labute approximate surface area is 233 Å². The number of para-hydroxylation sites is 1. The van der Waals surface area contributed by atoms with E-state index in [1.54, 1.807) is 27.0 Å². The van der Waals surface area contributed by atoms with E-state index in [1.165, 1.54) is 11.8 Å². The molecule has 0 fully saturated rings. The third-order valence-corrected chi connectivity index (χ3v) is 8.64. The molecule has 0 saturated heterocycles. The van der Waals surface area contributed by atoms with Crippen molar-refractivity contribution < 1.29 is 9.59 Å². The predicted molar refractivity (Wildman–Crippen MR) is 153 cm³/mol. The molecule has 5 rings (SSSR count). The van der Waals surface area contributed by atoms with Gasteiger partial charge in [0.25, 0.3) is 0 Å². The fourth-order valence-electron chi connectivity index (χ4n) is 4.30. The van der Waals surface area contributed by atoms with Crippen molar-refractivity contribution in [3.05, 3.63) is 87.2 Å². The summed E-state index contributed by atoms with van der Waals surface area (Å²) in [7, 11) is 0. The van der Waals surface area contributed by atoms with Crippen LogP contribution in [0.3, 0.4) is 0 Å². The lowest BCUT2D eigenvalue weighted by Crippen LogP contribution is -2.42. The lowest BCUT2D eigenvalue weighted by molar-refractivity contribution is -0.122. The quantitative estimate of drug-likeness (QED) is 0.271. The number of carbonyl (C=O) groups is 2. The van der Waals surface area contributed by atoms with Gasteiger partial charge in [-0.3, -0.25) is 14.5 Å². The summed E-state index contributed by atoms with van der Waals surface area (Å²) in [5.41, 5.74) is 3.19. The molecule has 6 nitrogen and oxygen atoms in total. The van der Waals surface area contributed by atoms with Gasteiger partial charge in [-0.2, -0.15) is 5.10 Å². The average Bonchev–Trinajstić information content (AvgIpc) is 3.52. The summed E-state index contributed by atoms with van der Waals surface area (Å²) in [6.07, 6.45) is 0.803. The third-order valence-electron chi connectivity index (χ3n) is 5.95. The van der Waals surface area contributed by atoms with Crippen LogP contribution >= 0.6 is 46.3 Å². The van der Waals surface area contributed by atoms with E-state index in [1.807, 2.05) is 66.9 Å². The number of anilines is 1. The molecule has 0 spiro atoms. The van der Waals surface area contributed by atoms with E-state index in [-0.39, 0.29) is 29.4 Å². The normalized spacial score (nSPS) is 15.4. The molecule has 4 aromatic rings. The Hall–Kier alpha value is -2.78. The first-order chi connectivity index (χ1) is 18.0. The van der Waals surface area contributed by atoms with Gasteiger partial charge in [0.05, 0.1) is 26.6 Å². The van der Waals surface area contributed by atoms with Crippen molar-refractivity contribution in [1.82, 2.24) is 15.1 Å². The lowest BCUT2D eigenvalue weighted by atomic mass is 10.0. The molecule has 3 heterocycles. The summed E-state index contributed by atoms with van der Waals surface area (Å²) in [5.74, 6) is 0.340. The maximum absolute atomic E-state index is 13.6. The first-order valence-electron chi connectivity index (χ1n) is 11.8. The number of hydrogen-bond acceptors (Lipinski definition) is 5. The average molecular weight is 572 g/mol. The molecule has 2 amide bonds. The van der Waals surface area contributed by atoms with Crippen molar-refractivity contribution in [2.24, 2.45) is 0 Å². The van der Waals surface area contributed by atoms with Gasteiger partial charge < -0.3 is 5.32 Å². The summed E-state index contributed by atoms with van der Waals surface area (Å²) >= 11 is 16.1. The lowest BCUT2D eigenvalue weighted by Gasteiger charge is -2.23. The summed E-state index contributed by atoms with van der Waals surface area (Å²) in [4.78, 5) is 29.0. The van der Waals surface area contributed by atoms with E-state index in [0.717, 1.165) is 28.1 Å². The van der Waals surface area contributed by atoms with Gasteiger partial charge in [-0.05, 0) is 47.7 Å². The number of fused-ring (bicyclic) bond motifs is 1. The number of halogens is 2. The maximum atomic E-state index is 13.6. The number of nitrogens with zero attached hydrogens (tertiary/aromatic N) is 3. The van der Waals surface area contributed by atoms with Crippen LogP contribution in [0.1, 0.15) is 29.7 Å². The zero-order chi connectivity index (χ0) is 25.9. The Morgan fingerprint density at radius 2 is 1.97 bits per heavy atom. The molecule has 1 atom stereocenters. The van der Waals surface area contributed by atoms with Crippen LogP contribution in [0.5, 0.6) is 0 Å². The first kappa shape index (κ1) is 25.9. The summed E-state index contributed by atoms with van der Waals surface area (Å²) in [6.45, 7) is 2.41. The van der Waals surface area contributed by atoms with Gasteiger partial charge in [0.1, 0.15) is 18.1 Å². The predicted octanol–water partition coefficient (Wildman–Crippen LogP) is 6.60. The minimum atomic E-state index is -0.241. The van der Waals surface area contributed by atoms with Crippen LogP contribution in [0.4, 0.5) is 5.82 Å². The SMILES string of the molecule is CCCNC(=O)CN1C(=O)CS[C@H](c2cccc(Cl)c2)c2c(-c3cccs3)nn(-c3ccccc3Cl)c21. The molecule has 37 heavy (non-hydrogen) atoms. The topological polar surface area (TPSA) is 67.2 Å². The van der Waals surface area contributed by atoms with Crippen LogP contribution in [0.15, 0.2) is 66.0 Å². The molecular formula is C27H24Cl2N4O2S2. The highest BCUT2D eigenvalue weighted by Gasteiger charge is 2.38. The zero-order valence-electron chi connectivity index (χ0n) is 20.0. The molecule has 2 aromatic heterocycles. The number of thioether (sulfide) groups is 1. The standard InChI is InChI=1S/C27H24Cl2N4O2S2/c1-2-12-30-22(34)15-32-23(35)16-37-26(17-7-5-8-18(28)14-17)24-25(21-11-6-13-36-21)31-33(27(24)32)20-10-4-3-9-19(20)29/h3-11,13-14,26H,2,12,15-16H2,1H3,(H,30,34)/t26-/m1/s1.